The van der Waals surface area contributed by atoms with E-state index >= 15 is 0 Å². The fourth-order valence-corrected chi connectivity index (χ4v) is 3.03. The molecule has 0 aliphatic heterocycles. The van der Waals surface area contributed by atoms with Crippen LogP contribution in [0.4, 0.5) is 5.69 Å². The third-order valence-electron chi connectivity index (χ3n) is 4.37. The molecule has 0 aliphatic carbocycles. The van der Waals surface area contributed by atoms with Crippen LogP contribution in [0.3, 0.4) is 0 Å². The van der Waals surface area contributed by atoms with Gasteiger partial charge in [0, 0.05) is 17.3 Å². The monoisotopic (exact) mass is 398 g/mol. The van der Waals surface area contributed by atoms with Crippen LogP contribution in [0.15, 0.2) is 36.4 Å². The van der Waals surface area contributed by atoms with Crippen molar-refractivity contribution in [1.82, 2.24) is 14.8 Å². The van der Waals surface area contributed by atoms with E-state index in [0.717, 1.165) is 16.7 Å². The predicted octanol–water partition coefficient (Wildman–Crippen LogP) is 3.88. The summed E-state index contributed by atoms with van der Waals surface area (Å²) in [4.78, 5) is 12.7. The SMILES string of the molecule is COc1cc(C)c(NC(=O)Cn2c(-c3ccc(C)cc3)n[nH]c2=S)cc1OC. The second-order valence-electron chi connectivity index (χ2n) is 6.37. The summed E-state index contributed by atoms with van der Waals surface area (Å²) in [5, 5.41) is 9.94. The molecule has 0 atom stereocenters. The Kier molecular flexibility index (Phi) is 5.79. The molecule has 7 nitrogen and oxygen atoms in total. The Morgan fingerprint density at radius 2 is 1.79 bits per heavy atom. The molecule has 2 aromatic carbocycles. The van der Waals surface area contributed by atoms with Crippen LogP contribution in [0.1, 0.15) is 11.1 Å². The Morgan fingerprint density at radius 1 is 1.14 bits per heavy atom. The summed E-state index contributed by atoms with van der Waals surface area (Å²) in [6.45, 7) is 3.94. The fourth-order valence-electron chi connectivity index (χ4n) is 2.84. The third kappa shape index (κ3) is 4.07. The maximum atomic E-state index is 12.7. The minimum Gasteiger partial charge on any atom is -0.493 e. The molecule has 0 saturated carbocycles. The summed E-state index contributed by atoms with van der Waals surface area (Å²) >= 11 is 5.31. The van der Waals surface area contributed by atoms with E-state index < -0.39 is 0 Å². The van der Waals surface area contributed by atoms with E-state index in [2.05, 4.69) is 15.5 Å². The lowest BCUT2D eigenvalue weighted by molar-refractivity contribution is -0.116. The third-order valence-corrected chi connectivity index (χ3v) is 4.69. The van der Waals surface area contributed by atoms with Crippen LogP contribution in [0.25, 0.3) is 11.4 Å². The summed E-state index contributed by atoms with van der Waals surface area (Å²) in [5.41, 5.74) is 3.54. The van der Waals surface area contributed by atoms with E-state index in [1.165, 1.54) is 0 Å². The number of aromatic nitrogens is 3. The number of hydrogen-bond acceptors (Lipinski definition) is 5. The zero-order valence-electron chi connectivity index (χ0n) is 16.2. The van der Waals surface area contributed by atoms with Crippen LogP contribution in [0, 0.1) is 18.6 Å². The smallest absolute Gasteiger partial charge is 0.244 e. The fraction of sp³-hybridized carbons (Fsp3) is 0.250. The Balaban J connectivity index is 1.84. The first-order valence-corrected chi connectivity index (χ1v) is 9.08. The minimum absolute atomic E-state index is 0.0341. The second-order valence-corrected chi connectivity index (χ2v) is 6.76. The minimum atomic E-state index is -0.221. The van der Waals surface area contributed by atoms with Crippen molar-refractivity contribution < 1.29 is 14.3 Å². The lowest BCUT2D eigenvalue weighted by Crippen LogP contribution is -2.20. The molecule has 8 heteroatoms. The van der Waals surface area contributed by atoms with Crippen molar-refractivity contribution in [2.24, 2.45) is 0 Å². The van der Waals surface area contributed by atoms with Gasteiger partial charge < -0.3 is 14.8 Å². The van der Waals surface area contributed by atoms with Gasteiger partial charge in [-0.25, -0.2) is 0 Å². The van der Waals surface area contributed by atoms with Gasteiger partial charge in [0.15, 0.2) is 22.1 Å². The largest absolute Gasteiger partial charge is 0.493 e. The molecule has 2 N–H and O–H groups in total. The number of H-pyrrole nitrogens is 1. The van der Waals surface area contributed by atoms with Gasteiger partial charge in [0.05, 0.1) is 14.2 Å². The van der Waals surface area contributed by atoms with Crippen LogP contribution in [0.2, 0.25) is 0 Å². The van der Waals surface area contributed by atoms with Crippen molar-refractivity contribution in [2.75, 3.05) is 19.5 Å². The van der Waals surface area contributed by atoms with Crippen LogP contribution in [-0.2, 0) is 11.3 Å². The molecule has 1 aromatic heterocycles. The number of hydrogen-bond donors (Lipinski definition) is 2. The van der Waals surface area contributed by atoms with Gasteiger partial charge in [0.2, 0.25) is 5.91 Å². The Labute approximate surface area is 168 Å². The van der Waals surface area contributed by atoms with E-state index in [1.54, 1.807) is 24.9 Å². The van der Waals surface area contributed by atoms with Crippen LogP contribution < -0.4 is 14.8 Å². The van der Waals surface area contributed by atoms with Crippen molar-refractivity contribution >= 4 is 23.8 Å². The number of rotatable bonds is 6. The molecule has 0 spiro atoms. The van der Waals surface area contributed by atoms with Crippen molar-refractivity contribution in [3.8, 4) is 22.9 Å². The molecule has 1 amide bonds. The lowest BCUT2D eigenvalue weighted by atomic mass is 10.1. The van der Waals surface area contributed by atoms with Gasteiger partial charge in [-0.1, -0.05) is 29.8 Å². The highest BCUT2D eigenvalue weighted by molar-refractivity contribution is 7.71. The van der Waals surface area contributed by atoms with Gasteiger partial charge in [-0.3, -0.25) is 14.5 Å². The average Bonchev–Trinajstić information content (AvgIpc) is 3.04. The maximum absolute atomic E-state index is 12.7. The first kappa shape index (κ1) is 19.6. The van der Waals surface area contributed by atoms with Crippen LogP contribution in [0.5, 0.6) is 11.5 Å². The zero-order chi connectivity index (χ0) is 20.3. The molecule has 3 rings (SSSR count). The molecule has 0 radical (unpaired) electrons. The van der Waals surface area contributed by atoms with E-state index in [-0.39, 0.29) is 12.5 Å². The van der Waals surface area contributed by atoms with E-state index in [9.17, 15) is 4.79 Å². The Bertz CT molecular complexity index is 1050. The first-order chi connectivity index (χ1) is 13.4. The first-order valence-electron chi connectivity index (χ1n) is 8.67. The molecular weight excluding hydrogens is 376 g/mol. The molecule has 0 aliphatic rings. The molecule has 0 unspecified atom stereocenters. The number of nitrogens with one attached hydrogen (secondary N) is 2. The molecule has 0 bridgehead atoms. The summed E-state index contributed by atoms with van der Waals surface area (Å²) in [6.07, 6.45) is 0. The maximum Gasteiger partial charge on any atom is 0.244 e. The summed E-state index contributed by atoms with van der Waals surface area (Å²) in [6, 6.07) is 11.4. The number of nitrogens with zero attached hydrogens (tertiary/aromatic N) is 2. The lowest BCUT2D eigenvalue weighted by Gasteiger charge is -2.14. The van der Waals surface area contributed by atoms with Crippen molar-refractivity contribution in [2.45, 2.75) is 20.4 Å². The molecule has 1 heterocycles. The van der Waals surface area contributed by atoms with Crippen molar-refractivity contribution in [3.63, 3.8) is 0 Å². The van der Waals surface area contributed by atoms with Gasteiger partial charge in [-0.15, -0.1) is 0 Å². The number of carbonyl (C=O) groups excluding carboxylic acids is 1. The summed E-state index contributed by atoms with van der Waals surface area (Å²) in [5.74, 6) is 1.55. The zero-order valence-corrected chi connectivity index (χ0v) is 17.0. The van der Waals surface area contributed by atoms with Crippen LogP contribution in [-0.4, -0.2) is 34.9 Å². The van der Waals surface area contributed by atoms with Gasteiger partial charge in [0.25, 0.3) is 0 Å². The number of methoxy groups -OCH3 is 2. The van der Waals surface area contributed by atoms with E-state index in [0.29, 0.717) is 27.8 Å². The Morgan fingerprint density at radius 3 is 2.43 bits per heavy atom. The highest BCUT2D eigenvalue weighted by Crippen LogP contribution is 2.33. The quantitative estimate of drug-likeness (QED) is 0.616. The highest BCUT2D eigenvalue weighted by atomic mass is 32.1. The predicted molar refractivity (Wildman–Crippen MR) is 110 cm³/mol. The topological polar surface area (TPSA) is 81.2 Å². The molecule has 0 fully saturated rings. The molecule has 28 heavy (non-hydrogen) atoms. The highest BCUT2D eigenvalue weighted by Gasteiger charge is 2.15. The van der Waals surface area contributed by atoms with Gasteiger partial charge >= 0.3 is 0 Å². The number of ether oxygens (including phenoxy) is 2. The van der Waals surface area contributed by atoms with Crippen molar-refractivity contribution in [3.05, 3.63) is 52.3 Å². The molecule has 3 aromatic rings. The standard InChI is InChI=1S/C20H22N4O3S/c1-12-5-7-14(8-6-12)19-22-23-20(28)24(19)11-18(25)21-15-10-17(27-4)16(26-3)9-13(15)2/h5-10H,11H2,1-4H3,(H,21,25)(H,23,28). The average molecular weight is 398 g/mol. The summed E-state index contributed by atoms with van der Waals surface area (Å²) < 4.78 is 12.7. The number of anilines is 1. The molecule has 146 valence electrons. The summed E-state index contributed by atoms with van der Waals surface area (Å²) in [7, 11) is 3.13. The second kappa shape index (κ2) is 8.26. The molecular formula is C20H22N4O3S. The van der Waals surface area contributed by atoms with Gasteiger partial charge in [0.1, 0.15) is 6.54 Å². The van der Waals surface area contributed by atoms with E-state index in [1.807, 2.05) is 44.2 Å². The number of benzene rings is 2. The Hall–Kier alpha value is -3.13. The number of aryl methyl sites for hydroxylation is 2. The number of aromatic amines is 1. The number of amides is 1. The van der Waals surface area contributed by atoms with Gasteiger partial charge in [-0.05, 0) is 37.7 Å². The van der Waals surface area contributed by atoms with E-state index in [4.69, 9.17) is 21.7 Å². The normalized spacial score (nSPS) is 10.6. The van der Waals surface area contributed by atoms with Crippen LogP contribution >= 0.6 is 12.2 Å². The van der Waals surface area contributed by atoms with Gasteiger partial charge in [-0.2, -0.15) is 5.10 Å². The number of carbonyl (C=O) groups is 1. The van der Waals surface area contributed by atoms with Crippen molar-refractivity contribution in [1.29, 1.82) is 0 Å². The molecule has 0 saturated heterocycles.